The van der Waals surface area contributed by atoms with Gasteiger partial charge in [-0.1, -0.05) is 40.2 Å². The average Bonchev–Trinajstić information content (AvgIpc) is 2.35. The minimum Gasteiger partial charge on any atom is -0.308 e. The summed E-state index contributed by atoms with van der Waals surface area (Å²) in [5, 5.41) is 5.54. The first-order valence-electron chi connectivity index (χ1n) is 5.54. The molecule has 2 aromatic carbocycles. The molecule has 2 amide bonds. The summed E-state index contributed by atoms with van der Waals surface area (Å²) in [6.07, 6.45) is 0. The molecule has 18 heavy (non-hydrogen) atoms. The van der Waals surface area contributed by atoms with E-state index in [9.17, 15) is 4.79 Å². The van der Waals surface area contributed by atoms with Crippen LogP contribution in [0.5, 0.6) is 0 Å². The highest BCUT2D eigenvalue weighted by Crippen LogP contribution is 2.20. The number of halogens is 1. The molecule has 0 aliphatic carbocycles. The van der Waals surface area contributed by atoms with E-state index in [1.54, 1.807) is 0 Å². The molecule has 0 heterocycles. The van der Waals surface area contributed by atoms with Crippen LogP contribution in [0.3, 0.4) is 0 Å². The SMILES string of the molecule is Cc1ccc(NC(=O)Nc2ccccc2)cc1Br. The van der Waals surface area contributed by atoms with E-state index >= 15 is 0 Å². The first-order valence-corrected chi connectivity index (χ1v) is 6.33. The molecular formula is C14H13BrN2O. The Hall–Kier alpha value is -1.81. The number of amides is 2. The Morgan fingerprint density at radius 2 is 1.67 bits per heavy atom. The third kappa shape index (κ3) is 3.34. The predicted molar refractivity (Wildman–Crippen MR) is 78.0 cm³/mol. The van der Waals surface area contributed by atoms with Crippen LogP contribution < -0.4 is 10.6 Å². The zero-order chi connectivity index (χ0) is 13.0. The van der Waals surface area contributed by atoms with Crippen molar-refractivity contribution in [2.45, 2.75) is 6.92 Å². The maximum absolute atomic E-state index is 11.7. The van der Waals surface area contributed by atoms with Crippen LogP contribution in [-0.4, -0.2) is 6.03 Å². The van der Waals surface area contributed by atoms with E-state index < -0.39 is 0 Å². The van der Waals surface area contributed by atoms with Gasteiger partial charge in [-0.3, -0.25) is 0 Å². The topological polar surface area (TPSA) is 41.1 Å². The second-order valence-corrected chi connectivity index (χ2v) is 4.76. The van der Waals surface area contributed by atoms with Crippen molar-refractivity contribution in [3.05, 3.63) is 58.6 Å². The van der Waals surface area contributed by atoms with Crippen LogP contribution in [-0.2, 0) is 0 Å². The first-order chi connectivity index (χ1) is 8.65. The number of anilines is 2. The third-order valence-corrected chi connectivity index (χ3v) is 3.32. The normalized spacial score (nSPS) is 9.89. The number of carbonyl (C=O) groups excluding carboxylic acids is 1. The first kappa shape index (κ1) is 12.6. The van der Waals surface area contributed by atoms with Gasteiger partial charge in [0, 0.05) is 15.8 Å². The summed E-state index contributed by atoms with van der Waals surface area (Å²) in [6.45, 7) is 2.00. The smallest absolute Gasteiger partial charge is 0.308 e. The fourth-order valence-electron chi connectivity index (χ4n) is 1.49. The van der Waals surface area contributed by atoms with E-state index in [1.165, 1.54) is 0 Å². The fraction of sp³-hybridized carbons (Fsp3) is 0.0714. The lowest BCUT2D eigenvalue weighted by Crippen LogP contribution is -2.19. The number of rotatable bonds is 2. The average molecular weight is 305 g/mol. The van der Waals surface area contributed by atoms with Gasteiger partial charge >= 0.3 is 6.03 Å². The zero-order valence-corrected chi connectivity index (χ0v) is 11.5. The Kier molecular flexibility index (Phi) is 3.99. The van der Waals surface area contributed by atoms with Crippen LogP contribution in [0.1, 0.15) is 5.56 Å². The third-order valence-electron chi connectivity index (χ3n) is 2.46. The Morgan fingerprint density at radius 3 is 2.33 bits per heavy atom. The van der Waals surface area contributed by atoms with Crippen LogP contribution in [0.25, 0.3) is 0 Å². The Bertz CT molecular complexity index is 555. The van der Waals surface area contributed by atoms with Crippen molar-refractivity contribution < 1.29 is 4.79 Å². The summed E-state index contributed by atoms with van der Waals surface area (Å²) < 4.78 is 0.972. The van der Waals surface area contributed by atoms with Crippen molar-refractivity contribution in [2.75, 3.05) is 10.6 Å². The van der Waals surface area contributed by atoms with Crippen molar-refractivity contribution in [1.29, 1.82) is 0 Å². The molecule has 0 spiro atoms. The Morgan fingerprint density at radius 1 is 1.00 bits per heavy atom. The number of urea groups is 1. The zero-order valence-electron chi connectivity index (χ0n) is 9.91. The molecule has 0 bridgehead atoms. The molecule has 0 fully saturated rings. The monoisotopic (exact) mass is 304 g/mol. The number of carbonyl (C=O) groups is 1. The Labute approximate surface area is 114 Å². The van der Waals surface area contributed by atoms with Crippen LogP contribution in [0, 0.1) is 6.92 Å². The molecule has 0 atom stereocenters. The van der Waals surface area contributed by atoms with Gasteiger partial charge in [-0.15, -0.1) is 0 Å². The van der Waals surface area contributed by atoms with E-state index in [0.29, 0.717) is 0 Å². The Balaban J connectivity index is 2.01. The maximum Gasteiger partial charge on any atom is 0.323 e. The molecule has 4 heteroatoms. The minimum atomic E-state index is -0.253. The highest BCUT2D eigenvalue weighted by molar-refractivity contribution is 9.10. The molecule has 3 nitrogen and oxygen atoms in total. The van der Waals surface area contributed by atoms with Crippen LogP contribution in [0.2, 0.25) is 0 Å². The summed E-state index contributed by atoms with van der Waals surface area (Å²) in [4.78, 5) is 11.7. The van der Waals surface area contributed by atoms with Gasteiger partial charge in [-0.25, -0.2) is 4.79 Å². The minimum absolute atomic E-state index is 0.253. The molecule has 0 saturated carbocycles. The molecule has 0 aromatic heterocycles. The quantitative estimate of drug-likeness (QED) is 0.848. The molecule has 2 rings (SSSR count). The van der Waals surface area contributed by atoms with Crippen molar-refractivity contribution >= 4 is 33.3 Å². The number of hydrogen-bond acceptors (Lipinski definition) is 1. The summed E-state index contributed by atoms with van der Waals surface area (Å²) in [5.41, 5.74) is 2.64. The van der Waals surface area contributed by atoms with Gasteiger partial charge < -0.3 is 10.6 Å². The molecule has 92 valence electrons. The van der Waals surface area contributed by atoms with Crippen molar-refractivity contribution in [2.24, 2.45) is 0 Å². The highest BCUT2D eigenvalue weighted by atomic mass is 79.9. The van der Waals surface area contributed by atoms with Crippen molar-refractivity contribution in [3.8, 4) is 0 Å². The van der Waals surface area contributed by atoms with Gasteiger partial charge in [0.15, 0.2) is 0 Å². The van der Waals surface area contributed by atoms with E-state index in [-0.39, 0.29) is 6.03 Å². The summed E-state index contributed by atoms with van der Waals surface area (Å²) in [5.74, 6) is 0. The number of aryl methyl sites for hydroxylation is 1. The van der Waals surface area contributed by atoms with E-state index in [2.05, 4.69) is 26.6 Å². The summed E-state index contributed by atoms with van der Waals surface area (Å²) in [7, 11) is 0. The largest absolute Gasteiger partial charge is 0.323 e. The standard InChI is InChI=1S/C14H13BrN2O/c1-10-7-8-12(9-13(10)15)17-14(18)16-11-5-3-2-4-6-11/h2-9H,1H3,(H2,16,17,18). The van der Waals surface area contributed by atoms with E-state index in [1.807, 2.05) is 55.5 Å². The number of benzene rings is 2. The maximum atomic E-state index is 11.7. The van der Waals surface area contributed by atoms with Gasteiger partial charge in [0.25, 0.3) is 0 Å². The second kappa shape index (κ2) is 5.69. The molecule has 0 saturated heterocycles. The highest BCUT2D eigenvalue weighted by Gasteiger charge is 2.03. The molecule has 0 unspecified atom stereocenters. The number of para-hydroxylation sites is 1. The second-order valence-electron chi connectivity index (χ2n) is 3.91. The summed E-state index contributed by atoms with van der Waals surface area (Å²) >= 11 is 3.43. The fourth-order valence-corrected chi connectivity index (χ4v) is 1.86. The molecule has 2 N–H and O–H groups in total. The molecule has 0 radical (unpaired) electrons. The van der Waals surface area contributed by atoms with E-state index in [4.69, 9.17) is 0 Å². The number of nitrogens with one attached hydrogen (secondary N) is 2. The van der Waals surface area contributed by atoms with Crippen LogP contribution >= 0.6 is 15.9 Å². The van der Waals surface area contributed by atoms with E-state index in [0.717, 1.165) is 21.4 Å². The van der Waals surface area contributed by atoms with Crippen LogP contribution in [0.15, 0.2) is 53.0 Å². The number of hydrogen-bond donors (Lipinski definition) is 2. The summed E-state index contributed by atoms with van der Waals surface area (Å²) in [6, 6.07) is 14.8. The molecular weight excluding hydrogens is 292 g/mol. The molecule has 0 aliphatic rings. The molecule has 2 aromatic rings. The lowest BCUT2D eigenvalue weighted by atomic mass is 10.2. The lowest BCUT2D eigenvalue weighted by Gasteiger charge is -2.08. The van der Waals surface area contributed by atoms with Gasteiger partial charge in [0.05, 0.1) is 0 Å². The molecule has 0 aliphatic heterocycles. The van der Waals surface area contributed by atoms with Crippen molar-refractivity contribution in [3.63, 3.8) is 0 Å². The van der Waals surface area contributed by atoms with Gasteiger partial charge in [0.1, 0.15) is 0 Å². The van der Waals surface area contributed by atoms with Gasteiger partial charge in [0.2, 0.25) is 0 Å². The van der Waals surface area contributed by atoms with Gasteiger partial charge in [-0.05, 0) is 36.8 Å². The van der Waals surface area contributed by atoms with Gasteiger partial charge in [-0.2, -0.15) is 0 Å². The van der Waals surface area contributed by atoms with Crippen LogP contribution in [0.4, 0.5) is 16.2 Å². The predicted octanol–water partition coefficient (Wildman–Crippen LogP) is 4.40. The lowest BCUT2D eigenvalue weighted by molar-refractivity contribution is 0.262. The van der Waals surface area contributed by atoms with Crippen molar-refractivity contribution in [1.82, 2.24) is 0 Å².